The van der Waals surface area contributed by atoms with Gasteiger partial charge in [-0.2, -0.15) is 0 Å². The molecule has 104 valence electrons. The van der Waals surface area contributed by atoms with Crippen LogP contribution < -0.4 is 5.32 Å². The number of hydrogen-bond donors (Lipinski definition) is 1. The van der Waals surface area contributed by atoms with Crippen molar-refractivity contribution < 1.29 is 9.59 Å². The zero-order chi connectivity index (χ0) is 14.5. The van der Waals surface area contributed by atoms with Crippen LogP contribution in [-0.2, 0) is 9.59 Å². The van der Waals surface area contributed by atoms with Crippen LogP contribution >= 0.6 is 0 Å². The SMILES string of the molecule is CCN(CC)C(=O)C(C)(C)C(=O)Nc1ccccc1. The molecule has 1 aromatic carbocycles. The maximum absolute atomic E-state index is 12.3. The van der Waals surface area contributed by atoms with Crippen LogP contribution in [0.25, 0.3) is 0 Å². The van der Waals surface area contributed by atoms with Crippen LogP contribution in [0, 0.1) is 5.41 Å². The Bertz CT molecular complexity index is 437. The molecule has 19 heavy (non-hydrogen) atoms. The van der Waals surface area contributed by atoms with Crippen LogP contribution in [0.2, 0.25) is 0 Å². The summed E-state index contributed by atoms with van der Waals surface area (Å²) in [6, 6.07) is 9.16. The molecule has 0 aliphatic heterocycles. The third-order valence-electron chi connectivity index (χ3n) is 3.18. The molecule has 2 amide bonds. The lowest BCUT2D eigenvalue weighted by molar-refractivity contribution is -0.146. The molecule has 0 spiro atoms. The number of anilines is 1. The lowest BCUT2D eigenvalue weighted by atomic mass is 9.90. The summed E-state index contributed by atoms with van der Waals surface area (Å²) in [6.07, 6.45) is 0. The van der Waals surface area contributed by atoms with Crippen LogP contribution in [0.1, 0.15) is 27.7 Å². The van der Waals surface area contributed by atoms with Crippen molar-refractivity contribution in [3.63, 3.8) is 0 Å². The summed E-state index contributed by atoms with van der Waals surface area (Å²) in [4.78, 5) is 26.2. The molecule has 4 heteroatoms. The van der Waals surface area contributed by atoms with Gasteiger partial charge < -0.3 is 10.2 Å². The first-order chi connectivity index (χ1) is 8.93. The van der Waals surface area contributed by atoms with E-state index in [9.17, 15) is 9.59 Å². The van der Waals surface area contributed by atoms with Gasteiger partial charge in [-0.3, -0.25) is 9.59 Å². The first kappa shape index (κ1) is 15.2. The molecule has 1 aromatic rings. The first-order valence-electron chi connectivity index (χ1n) is 6.59. The predicted octanol–water partition coefficient (Wildman–Crippen LogP) is 2.52. The summed E-state index contributed by atoms with van der Waals surface area (Å²) in [7, 11) is 0. The number of carbonyl (C=O) groups is 2. The second-order valence-electron chi connectivity index (χ2n) is 4.92. The highest BCUT2D eigenvalue weighted by atomic mass is 16.2. The Morgan fingerprint density at radius 3 is 2.11 bits per heavy atom. The van der Waals surface area contributed by atoms with Crippen molar-refractivity contribution in [2.45, 2.75) is 27.7 Å². The van der Waals surface area contributed by atoms with Gasteiger partial charge in [-0.1, -0.05) is 18.2 Å². The Morgan fingerprint density at radius 2 is 1.63 bits per heavy atom. The van der Waals surface area contributed by atoms with E-state index in [0.29, 0.717) is 18.8 Å². The number of nitrogens with zero attached hydrogens (tertiary/aromatic N) is 1. The number of hydrogen-bond acceptors (Lipinski definition) is 2. The molecular formula is C15H22N2O2. The Kier molecular flexibility index (Phi) is 5.10. The van der Waals surface area contributed by atoms with E-state index < -0.39 is 5.41 Å². The van der Waals surface area contributed by atoms with Crippen LogP contribution in [0.5, 0.6) is 0 Å². The van der Waals surface area contributed by atoms with Gasteiger partial charge in [0.1, 0.15) is 5.41 Å². The van der Waals surface area contributed by atoms with E-state index in [-0.39, 0.29) is 11.8 Å². The van der Waals surface area contributed by atoms with Crippen LogP contribution in [0.15, 0.2) is 30.3 Å². The molecule has 0 fully saturated rings. The third kappa shape index (κ3) is 3.56. The lowest BCUT2D eigenvalue weighted by Crippen LogP contribution is -2.47. The monoisotopic (exact) mass is 262 g/mol. The van der Waals surface area contributed by atoms with Gasteiger partial charge in [0.15, 0.2) is 0 Å². The third-order valence-corrected chi connectivity index (χ3v) is 3.18. The fourth-order valence-electron chi connectivity index (χ4n) is 1.81. The Morgan fingerprint density at radius 1 is 1.11 bits per heavy atom. The molecule has 0 aliphatic rings. The Balaban J connectivity index is 2.82. The highest BCUT2D eigenvalue weighted by Crippen LogP contribution is 2.21. The smallest absolute Gasteiger partial charge is 0.239 e. The Hall–Kier alpha value is -1.84. The lowest BCUT2D eigenvalue weighted by Gasteiger charge is -2.29. The maximum atomic E-state index is 12.3. The summed E-state index contributed by atoms with van der Waals surface area (Å²) in [5, 5.41) is 2.78. The number of rotatable bonds is 5. The van der Waals surface area contributed by atoms with Gasteiger partial charge in [0.25, 0.3) is 0 Å². The van der Waals surface area contributed by atoms with Gasteiger partial charge in [-0.15, -0.1) is 0 Å². The Labute approximate surface area is 114 Å². The standard InChI is InChI=1S/C15H22N2O2/c1-5-17(6-2)14(19)15(3,4)13(18)16-12-10-8-7-9-11-12/h7-11H,5-6H2,1-4H3,(H,16,18). The molecule has 0 aliphatic carbocycles. The van der Waals surface area contributed by atoms with Gasteiger partial charge in [-0.05, 0) is 39.8 Å². The molecule has 0 unspecified atom stereocenters. The van der Waals surface area contributed by atoms with Crippen molar-refractivity contribution in [1.82, 2.24) is 4.90 Å². The van der Waals surface area contributed by atoms with Crippen LogP contribution in [-0.4, -0.2) is 29.8 Å². The maximum Gasteiger partial charge on any atom is 0.239 e. The fraction of sp³-hybridized carbons (Fsp3) is 0.467. The normalized spacial score (nSPS) is 10.9. The molecular weight excluding hydrogens is 240 g/mol. The second-order valence-corrected chi connectivity index (χ2v) is 4.92. The van der Waals surface area contributed by atoms with Gasteiger partial charge in [0.2, 0.25) is 11.8 Å². The van der Waals surface area contributed by atoms with Crippen molar-refractivity contribution in [2.24, 2.45) is 5.41 Å². The fourth-order valence-corrected chi connectivity index (χ4v) is 1.81. The van der Waals surface area contributed by atoms with E-state index in [1.54, 1.807) is 30.9 Å². The minimum Gasteiger partial charge on any atom is -0.342 e. The zero-order valence-corrected chi connectivity index (χ0v) is 12.1. The summed E-state index contributed by atoms with van der Waals surface area (Å²) in [5.74, 6) is -0.429. The van der Waals surface area contributed by atoms with E-state index in [1.807, 2.05) is 32.0 Å². The molecule has 1 N–H and O–H groups in total. The number of nitrogens with one attached hydrogen (secondary N) is 1. The zero-order valence-electron chi connectivity index (χ0n) is 12.1. The largest absolute Gasteiger partial charge is 0.342 e. The van der Waals surface area contributed by atoms with Gasteiger partial charge in [0, 0.05) is 18.8 Å². The molecule has 0 bridgehead atoms. The van der Waals surface area contributed by atoms with E-state index in [4.69, 9.17) is 0 Å². The van der Waals surface area contributed by atoms with Crippen molar-refractivity contribution in [2.75, 3.05) is 18.4 Å². The summed E-state index contributed by atoms with van der Waals surface area (Å²) < 4.78 is 0. The van der Waals surface area contributed by atoms with Crippen molar-refractivity contribution in [3.05, 3.63) is 30.3 Å². The molecule has 0 atom stereocenters. The molecule has 1 rings (SSSR count). The highest BCUT2D eigenvalue weighted by Gasteiger charge is 2.38. The molecule has 4 nitrogen and oxygen atoms in total. The van der Waals surface area contributed by atoms with Gasteiger partial charge in [-0.25, -0.2) is 0 Å². The van der Waals surface area contributed by atoms with Crippen LogP contribution in [0.4, 0.5) is 5.69 Å². The van der Waals surface area contributed by atoms with E-state index in [1.165, 1.54) is 0 Å². The van der Waals surface area contributed by atoms with Gasteiger partial charge >= 0.3 is 0 Å². The van der Waals surface area contributed by atoms with Crippen molar-refractivity contribution in [1.29, 1.82) is 0 Å². The minimum atomic E-state index is -1.07. The first-order valence-corrected chi connectivity index (χ1v) is 6.59. The second kappa shape index (κ2) is 6.36. The molecule has 0 aromatic heterocycles. The number of benzene rings is 1. The summed E-state index contributed by atoms with van der Waals surface area (Å²) >= 11 is 0. The average Bonchev–Trinajstić information content (AvgIpc) is 2.41. The molecule has 0 heterocycles. The predicted molar refractivity (Wildman–Crippen MR) is 76.8 cm³/mol. The molecule has 0 saturated heterocycles. The number of para-hydroxylation sites is 1. The van der Waals surface area contributed by atoms with Crippen molar-refractivity contribution in [3.8, 4) is 0 Å². The summed E-state index contributed by atoms with van der Waals surface area (Å²) in [6.45, 7) is 8.35. The number of carbonyl (C=O) groups excluding carboxylic acids is 2. The van der Waals surface area contributed by atoms with Crippen LogP contribution in [0.3, 0.4) is 0 Å². The van der Waals surface area contributed by atoms with Gasteiger partial charge in [0.05, 0.1) is 0 Å². The summed E-state index contributed by atoms with van der Waals surface area (Å²) in [5.41, 5.74) is -0.366. The number of amides is 2. The quantitative estimate of drug-likeness (QED) is 0.829. The highest BCUT2D eigenvalue weighted by molar-refractivity contribution is 6.09. The van der Waals surface area contributed by atoms with E-state index in [0.717, 1.165) is 0 Å². The van der Waals surface area contributed by atoms with E-state index in [2.05, 4.69) is 5.32 Å². The van der Waals surface area contributed by atoms with E-state index >= 15 is 0 Å². The molecule has 0 radical (unpaired) electrons. The topological polar surface area (TPSA) is 49.4 Å². The average molecular weight is 262 g/mol. The van der Waals surface area contributed by atoms with Crippen molar-refractivity contribution >= 4 is 17.5 Å². The minimum absolute atomic E-state index is 0.147. The molecule has 0 saturated carbocycles.